The summed E-state index contributed by atoms with van der Waals surface area (Å²) < 4.78 is 5.40. The molecule has 0 bridgehead atoms. The average molecular weight is 292 g/mol. The fourth-order valence-corrected chi connectivity index (χ4v) is 1.45. The largest absolute Gasteiger partial charge is 0.492 e. The van der Waals surface area contributed by atoms with Crippen LogP contribution in [0.2, 0.25) is 0 Å². The molecule has 0 saturated heterocycles. The van der Waals surface area contributed by atoms with Crippen molar-refractivity contribution in [2.45, 2.75) is 17.8 Å². The second-order valence-corrected chi connectivity index (χ2v) is 4.78. The minimum atomic E-state index is -1.01. The summed E-state index contributed by atoms with van der Waals surface area (Å²) in [5.41, 5.74) is 6.28. The van der Waals surface area contributed by atoms with Gasteiger partial charge in [0.15, 0.2) is 0 Å². The van der Waals surface area contributed by atoms with E-state index in [1.54, 1.807) is 24.3 Å². The topological polar surface area (TPSA) is 72.5 Å². The maximum atomic E-state index is 10.6. The molecule has 1 aromatic carbocycles. The first-order valence-electron chi connectivity index (χ1n) is 5.43. The number of alkyl halides is 2. The highest BCUT2D eigenvalue weighted by Crippen LogP contribution is 2.14. The van der Waals surface area contributed by atoms with E-state index in [4.69, 9.17) is 38.8 Å². The Morgan fingerprint density at radius 1 is 1.39 bits per heavy atom. The van der Waals surface area contributed by atoms with Crippen molar-refractivity contribution in [3.05, 3.63) is 29.8 Å². The van der Waals surface area contributed by atoms with Crippen molar-refractivity contribution in [2.24, 2.45) is 5.73 Å². The van der Waals surface area contributed by atoms with Crippen molar-refractivity contribution in [1.82, 2.24) is 0 Å². The van der Waals surface area contributed by atoms with E-state index in [1.165, 1.54) is 0 Å². The lowest BCUT2D eigenvalue weighted by Crippen LogP contribution is -2.32. The Hall–Kier alpha value is -0.970. The van der Waals surface area contributed by atoms with E-state index < -0.39 is 12.0 Å². The molecule has 0 fully saturated rings. The lowest BCUT2D eigenvalue weighted by atomic mass is 10.1. The first-order chi connectivity index (χ1) is 8.52. The summed E-state index contributed by atoms with van der Waals surface area (Å²) in [6, 6.07) is 6.17. The van der Waals surface area contributed by atoms with Gasteiger partial charge in [-0.15, -0.1) is 23.2 Å². The van der Waals surface area contributed by atoms with Crippen molar-refractivity contribution in [2.75, 3.05) is 12.5 Å². The van der Waals surface area contributed by atoms with Crippen LogP contribution in [-0.4, -0.2) is 35.0 Å². The minimum absolute atomic E-state index is 0.230. The lowest BCUT2D eigenvalue weighted by Gasteiger charge is -2.10. The Balaban J connectivity index is 2.49. The van der Waals surface area contributed by atoms with E-state index in [9.17, 15) is 4.79 Å². The number of aliphatic carboxylic acids is 1. The Kier molecular flexibility index (Phi) is 6.25. The Bertz CT molecular complexity index is 383. The number of carboxylic acid groups (broad SMARTS) is 1. The highest BCUT2D eigenvalue weighted by molar-refractivity contribution is 6.28. The molecule has 0 aromatic heterocycles. The number of benzene rings is 1. The van der Waals surface area contributed by atoms with Gasteiger partial charge in [0.1, 0.15) is 18.4 Å². The number of hydrogen-bond donors (Lipinski definition) is 2. The Morgan fingerprint density at radius 2 is 2.00 bits per heavy atom. The summed E-state index contributed by atoms with van der Waals surface area (Å²) in [4.78, 5) is 10.6. The van der Waals surface area contributed by atoms with E-state index >= 15 is 0 Å². The zero-order chi connectivity index (χ0) is 13.5. The molecule has 6 heteroatoms. The zero-order valence-corrected chi connectivity index (χ0v) is 11.2. The van der Waals surface area contributed by atoms with Crippen LogP contribution in [0.1, 0.15) is 5.56 Å². The van der Waals surface area contributed by atoms with E-state index in [0.29, 0.717) is 18.2 Å². The molecule has 3 N–H and O–H groups in total. The maximum Gasteiger partial charge on any atom is 0.320 e. The molecule has 0 spiro atoms. The average Bonchev–Trinajstić information content (AvgIpc) is 2.37. The van der Waals surface area contributed by atoms with Gasteiger partial charge in [0, 0.05) is 5.88 Å². The quantitative estimate of drug-likeness (QED) is 0.752. The van der Waals surface area contributed by atoms with Gasteiger partial charge in [-0.1, -0.05) is 12.1 Å². The molecule has 0 aliphatic carbocycles. The van der Waals surface area contributed by atoms with E-state index in [-0.39, 0.29) is 11.8 Å². The third-order valence-electron chi connectivity index (χ3n) is 2.29. The van der Waals surface area contributed by atoms with Gasteiger partial charge < -0.3 is 15.6 Å². The molecule has 1 rings (SSSR count). The van der Waals surface area contributed by atoms with Crippen molar-refractivity contribution in [1.29, 1.82) is 0 Å². The number of halogens is 2. The molecule has 0 saturated carbocycles. The molecule has 0 radical (unpaired) electrons. The number of rotatable bonds is 7. The summed E-state index contributed by atoms with van der Waals surface area (Å²) >= 11 is 11.4. The zero-order valence-electron chi connectivity index (χ0n) is 9.68. The predicted octanol–water partition coefficient (Wildman–Crippen LogP) is 1.87. The summed E-state index contributed by atoms with van der Waals surface area (Å²) in [6.07, 6.45) is 0.287. The van der Waals surface area contributed by atoms with Crippen LogP contribution in [0.15, 0.2) is 24.3 Å². The summed E-state index contributed by atoms with van der Waals surface area (Å²) in [6.45, 7) is 0.332. The predicted molar refractivity (Wildman–Crippen MR) is 71.6 cm³/mol. The number of ether oxygens (including phenoxy) is 1. The highest BCUT2D eigenvalue weighted by atomic mass is 35.5. The standard InChI is InChI=1S/C12H15Cl2NO3/c13-6-9(14)7-18-10-3-1-8(2-4-10)5-11(15)12(16)17/h1-4,9,11H,5-7,15H2,(H,16,17). The molecule has 0 heterocycles. The molecular formula is C12H15Cl2NO3. The molecule has 0 amide bonds. The number of nitrogens with two attached hydrogens (primary N) is 1. The van der Waals surface area contributed by atoms with Crippen LogP contribution in [0.3, 0.4) is 0 Å². The molecule has 2 atom stereocenters. The third-order valence-corrected chi connectivity index (χ3v) is 3.11. The van der Waals surface area contributed by atoms with Gasteiger partial charge in [-0.2, -0.15) is 0 Å². The normalized spacial score (nSPS) is 13.9. The van der Waals surface area contributed by atoms with Crippen LogP contribution in [-0.2, 0) is 11.2 Å². The molecule has 1 aromatic rings. The van der Waals surface area contributed by atoms with Crippen molar-refractivity contribution in [3.8, 4) is 5.75 Å². The molecule has 0 aliphatic heterocycles. The van der Waals surface area contributed by atoms with Crippen LogP contribution in [0.5, 0.6) is 5.75 Å². The summed E-state index contributed by atoms with van der Waals surface area (Å²) in [5.74, 6) is -0.0200. The second kappa shape index (κ2) is 7.46. The number of hydrogen-bond acceptors (Lipinski definition) is 3. The fraction of sp³-hybridized carbons (Fsp3) is 0.417. The smallest absolute Gasteiger partial charge is 0.320 e. The van der Waals surface area contributed by atoms with Gasteiger partial charge in [0.2, 0.25) is 0 Å². The van der Waals surface area contributed by atoms with Crippen molar-refractivity contribution >= 4 is 29.2 Å². The van der Waals surface area contributed by atoms with Gasteiger partial charge in [-0.25, -0.2) is 0 Å². The van der Waals surface area contributed by atoms with Gasteiger partial charge >= 0.3 is 5.97 Å². The molecule has 2 unspecified atom stereocenters. The van der Waals surface area contributed by atoms with Gasteiger partial charge in [0.25, 0.3) is 0 Å². The summed E-state index contributed by atoms with van der Waals surface area (Å²) in [7, 11) is 0. The fourth-order valence-electron chi connectivity index (χ4n) is 1.29. The monoisotopic (exact) mass is 291 g/mol. The van der Waals surface area contributed by atoms with E-state index in [1.807, 2.05) is 0 Å². The molecular weight excluding hydrogens is 277 g/mol. The van der Waals surface area contributed by atoms with Crippen LogP contribution in [0.4, 0.5) is 0 Å². The molecule has 18 heavy (non-hydrogen) atoms. The van der Waals surface area contributed by atoms with E-state index in [2.05, 4.69) is 0 Å². The second-order valence-electron chi connectivity index (χ2n) is 3.86. The number of carbonyl (C=O) groups is 1. The lowest BCUT2D eigenvalue weighted by molar-refractivity contribution is -0.138. The third kappa shape index (κ3) is 5.12. The van der Waals surface area contributed by atoms with Crippen LogP contribution >= 0.6 is 23.2 Å². The Labute approximate surface area is 116 Å². The van der Waals surface area contributed by atoms with E-state index in [0.717, 1.165) is 5.56 Å². The van der Waals surface area contributed by atoms with Crippen molar-refractivity contribution < 1.29 is 14.6 Å². The molecule has 0 aliphatic rings. The van der Waals surface area contributed by atoms with Crippen LogP contribution in [0, 0.1) is 0 Å². The first kappa shape index (κ1) is 15.1. The highest BCUT2D eigenvalue weighted by Gasteiger charge is 2.12. The molecule has 100 valence electrons. The van der Waals surface area contributed by atoms with Crippen molar-refractivity contribution in [3.63, 3.8) is 0 Å². The van der Waals surface area contributed by atoms with Crippen LogP contribution < -0.4 is 10.5 Å². The number of carboxylic acids is 1. The maximum absolute atomic E-state index is 10.6. The van der Waals surface area contributed by atoms with Crippen LogP contribution in [0.25, 0.3) is 0 Å². The minimum Gasteiger partial charge on any atom is -0.492 e. The van der Waals surface area contributed by atoms with Gasteiger partial charge in [-0.05, 0) is 24.1 Å². The first-order valence-corrected chi connectivity index (χ1v) is 6.40. The van der Waals surface area contributed by atoms with Gasteiger partial charge in [-0.3, -0.25) is 4.79 Å². The Morgan fingerprint density at radius 3 is 2.50 bits per heavy atom. The van der Waals surface area contributed by atoms with Gasteiger partial charge in [0.05, 0.1) is 5.38 Å². The SMILES string of the molecule is NC(Cc1ccc(OCC(Cl)CCl)cc1)C(=O)O. The summed E-state index contributed by atoms with van der Waals surface area (Å²) in [5, 5.41) is 8.46. The molecule has 4 nitrogen and oxygen atoms in total.